The highest BCUT2D eigenvalue weighted by Crippen LogP contribution is 2.30. The highest BCUT2D eigenvalue weighted by molar-refractivity contribution is 5.79. The minimum absolute atomic E-state index is 0.0846. The van der Waals surface area contributed by atoms with Crippen LogP contribution < -0.4 is 5.32 Å². The predicted octanol–water partition coefficient (Wildman–Crippen LogP) is 1.76. The van der Waals surface area contributed by atoms with Crippen LogP contribution in [0, 0.1) is 5.92 Å². The summed E-state index contributed by atoms with van der Waals surface area (Å²) in [6, 6.07) is 0. The summed E-state index contributed by atoms with van der Waals surface area (Å²) in [5.74, 6) is 0.259. The maximum Gasteiger partial charge on any atom is 0.223 e. The van der Waals surface area contributed by atoms with E-state index in [0.29, 0.717) is 0 Å². The summed E-state index contributed by atoms with van der Waals surface area (Å²) in [7, 11) is 0. The molecule has 0 aromatic heterocycles. The second-order valence-corrected chi connectivity index (χ2v) is 5.12. The molecule has 2 N–H and O–H groups in total. The first-order valence-electron chi connectivity index (χ1n) is 6.34. The molecule has 1 unspecified atom stereocenters. The summed E-state index contributed by atoms with van der Waals surface area (Å²) in [6.45, 7) is 0.0846. The van der Waals surface area contributed by atoms with Crippen molar-refractivity contribution in [1.29, 1.82) is 0 Å². The van der Waals surface area contributed by atoms with Gasteiger partial charge in [0.25, 0.3) is 0 Å². The first kappa shape index (κ1) is 11.6. The fourth-order valence-electron chi connectivity index (χ4n) is 2.77. The van der Waals surface area contributed by atoms with Gasteiger partial charge < -0.3 is 10.4 Å². The van der Waals surface area contributed by atoms with E-state index in [2.05, 4.69) is 17.5 Å². The van der Waals surface area contributed by atoms with Gasteiger partial charge in [-0.15, -0.1) is 0 Å². The van der Waals surface area contributed by atoms with Gasteiger partial charge in [0.1, 0.15) is 0 Å². The van der Waals surface area contributed by atoms with Gasteiger partial charge in [0, 0.05) is 5.92 Å². The van der Waals surface area contributed by atoms with Gasteiger partial charge in [0.05, 0.1) is 12.1 Å². The minimum atomic E-state index is -0.307. The van der Waals surface area contributed by atoms with Crippen LogP contribution in [0.25, 0.3) is 0 Å². The molecule has 0 radical (unpaired) electrons. The lowest BCUT2D eigenvalue weighted by Gasteiger charge is -2.30. The number of hydrogen-bond donors (Lipinski definition) is 2. The summed E-state index contributed by atoms with van der Waals surface area (Å²) >= 11 is 0. The van der Waals surface area contributed by atoms with Crippen LogP contribution in [0.15, 0.2) is 12.2 Å². The van der Waals surface area contributed by atoms with Crippen molar-refractivity contribution in [3.63, 3.8) is 0 Å². The Balaban J connectivity index is 1.92. The van der Waals surface area contributed by atoms with Gasteiger partial charge in [-0.1, -0.05) is 25.0 Å². The summed E-state index contributed by atoms with van der Waals surface area (Å²) < 4.78 is 0. The molecule has 16 heavy (non-hydrogen) atoms. The fraction of sp³-hybridized carbons (Fsp3) is 0.769. The lowest BCUT2D eigenvalue weighted by Crippen LogP contribution is -2.51. The smallest absolute Gasteiger partial charge is 0.223 e. The molecule has 0 heterocycles. The van der Waals surface area contributed by atoms with Gasteiger partial charge >= 0.3 is 0 Å². The maximum absolute atomic E-state index is 12.1. The second kappa shape index (κ2) is 5.00. The Labute approximate surface area is 96.9 Å². The number of nitrogens with one attached hydrogen (secondary N) is 1. The van der Waals surface area contributed by atoms with Crippen LogP contribution in [-0.4, -0.2) is 23.2 Å². The van der Waals surface area contributed by atoms with E-state index in [1.807, 2.05) is 0 Å². The lowest BCUT2D eigenvalue weighted by molar-refractivity contribution is -0.127. The number of carbonyl (C=O) groups excluding carboxylic acids is 1. The van der Waals surface area contributed by atoms with Crippen molar-refractivity contribution < 1.29 is 9.90 Å². The average molecular weight is 223 g/mol. The van der Waals surface area contributed by atoms with E-state index < -0.39 is 0 Å². The molecule has 0 bridgehead atoms. The Morgan fingerprint density at radius 2 is 2.12 bits per heavy atom. The zero-order valence-corrected chi connectivity index (χ0v) is 9.74. The first-order chi connectivity index (χ1) is 7.76. The quantitative estimate of drug-likeness (QED) is 0.716. The van der Waals surface area contributed by atoms with Gasteiger partial charge in [-0.3, -0.25) is 4.79 Å². The third kappa shape index (κ3) is 2.46. The summed E-state index contributed by atoms with van der Waals surface area (Å²) in [5, 5.41) is 12.5. The van der Waals surface area contributed by atoms with Crippen molar-refractivity contribution in [2.75, 3.05) is 6.61 Å². The maximum atomic E-state index is 12.1. The van der Waals surface area contributed by atoms with E-state index in [0.717, 1.165) is 44.9 Å². The minimum Gasteiger partial charge on any atom is -0.394 e. The zero-order chi connectivity index (χ0) is 11.4. The van der Waals surface area contributed by atoms with Gasteiger partial charge in [0.2, 0.25) is 5.91 Å². The molecule has 3 nitrogen and oxygen atoms in total. The number of aliphatic hydroxyl groups is 1. The molecular formula is C13H21NO2. The molecule has 90 valence electrons. The third-order valence-corrected chi connectivity index (χ3v) is 3.89. The highest BCUT2D eigenvalue weighted by atomic mass is 16.3. The Morgan fingerprint density at radius 1 is 1.38 bits per heavy atom. The Bertz CT molecular complexity index is 280. The van der Waals surface area contributed by atoms with Crippen LogP contribution in [0.4, 0.5) is 0 Å². The molecule has 1 saturated carbocycles. The highest BCUT2D eigenvalue weighted by Gasteiger charge is 2.36. The molecule has 2 aliphatic rings. The second-order valence-electron chi connectivity index (χ2n) is 5.12. The number of carbonyl (C=O) groups is 1. The van der Waals surface area contributed by atoms with Crippen molar-refractivity contribution in [3.8, 4) is 0 Å². The van der Waals surface area contributed by atoms with Crippen molar-refractivity contribution in [2.45, 2.75) is 50.5 Å². The van der Waals surface area contributed by atoms with Gasteiger partial charge in [0.15, 0.2) is 0 Å². The molecule has 0 saturated heterocycles. The molecule has 0 aromatic rings. The van der Waals surface area contributed by atoms with E-state index in [4.69, 9.17) is 0 Å². The largest absolute Gasteiger partial charge is 0.394 e. The molecule has 1 amide bonds. The number of aliphatic hydroxyl groups excluding tert-OH is 1. The Hall–Kier alpha value is -0.830. The molecule has 0 aromatic carbocycles. The lowest BCUT2D eigenvalue weighted by atomic mass is 9.91. The molecular weight excluding hydrogens is 202 g/mol. The number of allylic oxidation sites excluding steroid dienone is 2. The van der Waals surface area contributed by atoms with Crippen LogP contribution in [0.2, 0.25) is 0 Å². The summed E-state index contributed by atoms with van der Waals surface area (Å²) in [4.78, 5) is 12.1. The van der Waals surface area contributed by atoms with Crippen molar-refractivity contribution >= 4 is 5.91 Å². The molecule has 1 fully saturated rings. The third-order valence-electron chi connectivity index (χ3n) is 3.89. The van der Waals surface area contributed by atoms with E-state index in [9.17, 15) is 9.90 Å². The Kier molecular flexibility index (Phi) is 3.64. The fourth-order valence-corrected chi connectivity index (χ4v) is 2.77. The topological polar surface area (TPSA) is 49.3 Å². The normalized spacial score (nSPS) is 27.9. The number of amides is 1. The van der Waals surface area contributed by atoms with Crippen LogP contribution >= 0.6 is 0 Å². The van der Waals surface area contributed by atoms with Gasteiger partial charge in [-0.25, -0.2) is 0 Å². The molecule has 0 spiro atoms. The standard InChI is InChI=1S/C13H21NO2/c15-10-13(8-4-5-9-13)14-12(16)11-6-2-1-3-7-11/h1-2,11,15H,3-10H2,(H,14,16). The molecule has 0 aliphatic heterocycles. The number of rotatable bonds is 3. The van der Waals surface area contributed by atoms with Crippen LogP contribution in [0.3, 0.4) is 0 Å². The zero-order valence-electron chi connectivity index (χ0n) is 9.74. The van der Waals surface area contributed by atoms with E-state index in [1.54, 1.807) is 0 Å². The van der Waals surface area contributed by atoms with Gasteiger partial charge in [-0.05, 0) is 32.1 Å². The summed E-state index contributed by atoms with van der Waals surface area (Å²) in [6.07, 6.45) is 11.1. The van der Waals surface area contributed by atoms with E-state index in [1.165, 1.54) is 0 Å². The van der Waals surface area contributed by atoms with Crippen LogP contribution in [0.5, 0.6) is 0 Å². The van der Waals surface area contributed by atoms with E-state index >= 15 is 0 Å². The summed E-state index contributed by atoms with van der Waals surface area (Å²) in [5.41, 5.74) is -0.307. The molecule has 2 aliphatic carbocycles. The van der Waals surface area contributed by atoms with Crippen molar-refractivity contribution in [2.24, 2.45) is 5.92 Å². The monoisotopic (exact) mass is 223 g/mol. The van der Waals surface area contributed by atoms with Crippen LogP contribution in [0.1, 0.15) is 44.9 Å². The van der Waals surface area contributed by atoms with E-state index in [-0.39, 0.29) is 24.0 Å². The average Bonchev–Trinajstić information content (AvgIpc) is 2.79. The molecule has 2 rings (SSSR count). The predicted molar refractivity (Wildman–Crippen MR) is 62.9 cm³/mol. The van der Waals surface area contributed by atoms with Crippen molar-refractivity contribution in [3.05, 3.63) is 12.2 Å². The number of hydrogen-bond acceptors (Lipinski definition) is 2. The van der Waals surface area contributed by atoms with Crippen molar-refractivity contribution in [1.82, 2.24) is 5.32 Å². The molecule has 3 heteroatoms. The molecule has 1 atom stereocenters. The SMILES string of the molecule is O=C(NC1(CO)CCCC1)C1CC=CCC1. The van der Waals surface area contributed by atoms with Crippen LogP contribution in [-0.2, 0) is 4.79 Å². The first-order valence-corrected chi connectivity index (χ1v) is 6.34. The Morgan fingerprint density at radius 3 is 2.69 bits per heavy atom. The van der Waals surface area contributed by atoms with Gasteiger partial charge in [-0.2, -0.15) is 0 Å².